The molecule has 1 saturated carbocycles. The maximum atomic E-state index is 14.1. The maximum Gasteiger partial charge on any atom is 0.416 e. The molecule has 2 aromatic rings. The minimum Gasteiger partial charge on any atom is -0.381 e. The van der Waals surface area contributed by atoms with Gasteiger partial charge >= 0.3 is 6.18 Å². The standard InChI is InChI=1S/C27H33F3N6O2.H2/c1-26(7-4-8-26)33-12-16-9-20-21(22(10-16)27(28,29)30)13-36(25(20)37)19-6-3-5-17(11-19)23(18-14-38-15-18)24(32-2)34-35-31;/h3,5-6,9-11,18,23,33,35H,4,7-8,12-15,31H2,1-2H3,(H,32,34);1H/t23-;/m1./s1. The largest absolute Gasteiger partial charge is 0.416 e. The molecule has 1 aliphatic carbocycles. The quantitative estimate of drug-likeness (QED) is 0.178. The molecule has 2 aliphatic heterocycles. The molecule has 0 aromatic heterocycles. The number of benzene rings is 2. The number of hydrazine groups is 2. The van der Waals surface area contributed by atoms with E-state index in [1.165, 1.54) is 11.0 Å². The van der Waals surface area contributed by atoms with Crippen LogP contribution < -0.4 is 27.0 Å². The van der Waals surface area contributed by atoms with E-state index in [-0.39, 0.29) is 43.0 Å². The Labute approximate surface area is 221 Å². The van der Waals surface area contributed by atoms with Gasteiger partial charge in [0.2, 0.25) is 0 Å². The molecule has 0 unspecified atom stereocenters. The van der Waals surface area contributed by atoms with Crippen LogP contribution in [0.2, 0.25) is 0 Å². The molecule has 5 rings (SSSR count). The number of halogens is 3. The van der Waals surface area contributed by atoms with Gasteiger partial charge in [-0.3, -0.25) is 21.1 Å². The van der Waals surface area contributed by atoms with Gasteiger partial charge in [-0.25, -0.2) is 0 Å². The number of amidine groups is 1. The number of rotatable bonds is 8. The molecule has 3 aliphatic rings. The van der Waals surface area contributed by atoms with E-state index in [9.17, 15) is 18.0 Å². The molecular formula is C27H35F3N6O2. The molecule has 1 saturated heterocycles. The number of amides is 1. The Morgan fingerprint density at radius 3 is 2.63 bits per heavy atom. The van der Waals surface area contributed by atoms with Gasteiger partial charge in [-0.1, -0.05) is 12.1 Å². The van der Waals surface area contributed by atoms with E-state index in [4.69, 9.17) is 10.6 Å². The van der Waals surface area contributed by atoms with E-state index in [1.807, 2.05) is 12.1 Å². The number of ether oxygens (including phenoxy) is 1. The molecule has 1 atom stereocenters. The Morgan fingerprint density at radius 1 is 1.29 bits per heavy atom. The Kier molecular flexibility index (Phi) is 7.21. The van der Waals surface area contributed by atoms with Crippen LogP contribution in [0.4, 0.5) is 18.9 Å². The molecule has 38 heavy (non-hydrogen) atoms. The maximum absolute atomic E-state index is 14.1. The number of hydrogen-bond donors (Lipinski definition) is 4. The fourth-order valence-corrected chi connectivity index (χ4v) is 5.56. The highest BCUT2D eigenvalue weighted by atomic mass is 19.4. The van der Waals surface area contributed by atoms with Gasteiger partial charge in [0.25, 0.3) is 5.91 Å². The lowest BCUT2D eigenvalue weighted by Crippen LogP contribution is -2.48. The highest BCUT2D eigenvalue weighted by Gasteiger charge is 2.41. The normalized spacial score (nSPS) is 20.1. The van der Waals surface area contributed by atoms with E-state index < -0.39 is 17.6 Å². The summed E-state index contributed by atoms with van der Waals surface area (Å²) in [5.74, 6) is 5.58. The van der Waals surface area contributed by atoms with E-state index >= 15 is 0 Å². The minimum atomic E-state index is -4.57. The smallest absolute Gasteiger partial charge is 0.381 e. The van der Waals surface area contributed by atoms with Crippen LogP contribution in [0.25, 0.3) is 0 Å². The highest BCUT2D eigenvalue weighted by Crippen LogP contribution is 2.41. The van der Waals surface area contributed by atoms with Gasteiger partial charge in [-0.15, -0.1) is 0 Å². The van der Waals surface area contributed by atoms with Crippen molar-refractivity contribution < 1.29 is 24.1 Å². The first-order valence-electron chi connectivity index (χ1n) is 12.8. The van der Waals surface area contributed by atoms with Crippen molar-refractivity contribution in [3.8, 4) is 0 Å². The zero-order chi connectivity index (χ0) is 27.1. The number of anilines is 1. The van der Waals surface area contributed by atoms with Gasteiger partial charge in [0.1, 0.15) is 5.84 Å². The summed E-state index contributed by atoms with van der Waals surface area (Å²) in [5.41, 5.74) is 6.43. The lowest BCUT2D eigenvalue weighted by Gasteiger charge is -2.39. The number of carbonyl (C=O) groups is 1. The third-order valence-corrected chi connectivity index (χ3v) is 8.00. The van der Waals surface area contributed by atoms with Crippen LogP contribution in [-0.4, -0.2) is 37.5 Å². The zero-order valence-electron chi connectivity index (χ0n) is 21.5. The van der Waals surface area contributed by atoms with Gasteiger partial charge < -0.3 is 15.0 Å². The third-order valence-electron chi connectivity index (χ3n) is 8.00. The molecule has 8 nitrogen and oxygen atoms in total. The first-order chi connectivity index (χ1) is 18.1. The highest BCUT2D eigenvalue weighted by molar-refractivity contribution is 6.10. The van der Waals surface area contributed by atoms with Crippen molar-refractivity contribution in [1.82, 2.24) is 16.3 Å². The Hall–Kier alpha value is -2.99. The molecule has 0 bridgehead atoms. The number of aliphatic imine (C=N–C) groups is 1. The van der Waals surface area contributed by atoms with E-state index in [0.717, 1.165) is 24.8 Å². The van der Waals surface area contributed by atoms with Crippen LogP contribution in [0.5, 0.6) is 0 Å². The second-order valence-corrected chi connectivity index (χ2v) is 10.6. The first-order valence-corrected chi connectivity index (χ1v) is 12.8. The summed E-state index contributed by atoms with van der Waals surface area (Å²) in [6.07, 6.45) is -1.49. The summed E-state index contributed by atoms with van der Waals surface area (Å²) in [4.78, 5) is 19.3. The molecule has 2 aromatic carbocycles. The second-order valence-electron chi connectivity index (χ2n) is 10.6. The van der Waals surface area contributed by atoms with Crippen molar-refractivity contribution in [3.63, 3.8) is 0 Å². The number of fused-ring (bicyclic) bond motifs is 1. The average molecular weight is 533 g/mol. The van der Waals surface area contributed by atoms with Crippen LogP contribution in [-0.2, 0) is 24.0 Å². The molecular weight excluding hydrogens is 497 g/mol. The number of alkyl halides is 3. The van der Waals surface area contributed by atoms with Crippen LogP contribution in [0.15, 0.2) is 41.4 Å². The molecule has 5 N–H and O–H groups in total. The summed E-state index contributed by atoms with van der Waals surface area (Å²) < 4.78 is 47.8. The molecule has 0 spiro atoms. The summed E-state index contributed by atoms with van der Waals surface area (Å²) in [5, 5.41) is 3.37. The van der Waals surface area contributed by atoms with Crippen molar-refractivity contribution in [3.05, 3.63) is 64.2 Å². The summed E-state index contributed by atoms with van der Waals surface area (Å²) in [6, 6.07) is 10.1. The molecule has 11 heteroatoms. The lowest BCUT2D eigenvalue weighted by molar-refractivity contribution is -0.138. The van der Waals surface area contributed by atoms with E-state index in [2.05, 4.69) is 28.2 Å². The number of carbonyl (C=O) groups excluding carboxylic acids is 1. The summed E-state index contributed by atoms with van der Waals surface area (Å²) in [7, 11) is 1.65. The van der Waals surface area contributed by atoms with Crippen molar-refractivity contribution in [2.45, 2.75) is 56.9 Å². The molecule has 2 heterocycles. The monoisotopic (exact) mass is 532 g/mol. The fourth-order valence-electron chi connectivity index (χ4n) is 5.56. The van der Waals surface area contributed by atoms with Crippen molar-refractivity contribution in [2.24, 2.45) is 16.8 Å². The van der Waals surface area contributed by atoms with Crippen molar-refractivity contribution in [1.29, 1.82) is 0 Å². The summed E-state index contributed by atoms with van der Waals surface area (Å²) >= 11 is 0. The zero-order valence-corrected chi connectivity index (χ0v) is 21.5. The van der Waals surface area contributed by atoms with Crippen LogP contribution in [0.1, 0.15) is 66.1 Å². The fraction of sp³-hybridized carbons (Fsp3) is 0.481. The minimum absolute atomic E-state index is 0. The first kappa shape index (κ1) is 26.6. The number of nitrogens with two attached hydrogens (primary N) is 1. The van der Waals surface area contributed by atoms with Crippen LogP contribution in [0, 0.1) is 5.92 Å². The third kappa shape index (κ3) is 5.03. The number of hydrogen-bond acceptors (Lipinski definition) is 6. The second kappa shape index (κ2) is 10.3. The van der Waals surface area contributed by atoms with E-state index in [0.29, 0.717) is 30.3 Å². The average Bonchev–Trinajstić information content (AvgIpc) is 3.17. The van der Waals surface area contributed by atoms with Gasteiger partial charge in [-0.05, 0) is 67.1 Å². The topological polar surface area (TPSA) is 104 Å². The number of nitrogens with one attached hydrogen (secondary N) is 3. The van der Waals surface area contributed by atoms with Crippen LogP contribution in [0.3, 0.4) is 0 Å². The molecule has 0 radical (unpaired) electrons. The van der Waals surface area contributed by atoms with Crippen LogP contribution >= 0.6 is 0 Å². The molecule has 206 valence electrons. The van der Waals surface area contributed by atoms with Gasteiger partial charge in [0, 0.05) is 43.6 Å². The van der Waals surface area contributed by atoms with Crippen molar-refractivity contribution >= 4 is 17.4 Å². The van der Waals surface area contributed by atoms with Crippen molar-refractivity contribution in [2.75, 3.05) is 25.2 Å². The lowest BCUT2D eigenvalue weighted by atomic mass is 9.78. The molecule has 2 fully saturated rings. The van der Waals surface area contributed by atoms with Gasteiger partial charge in [-0.2, -0.15) is 18.7 Å². The Bertz CT molecular complexity index is 1250. The SMILES string of the molecule is CN=C(NNN)[C@H](c1cccc(N2Cc3c(cc(CNC4(C)CCC4)cc3C(F)(F)F)C2=O)c1)C1COC1.[HH]. The predicted octanol–water partition coefficient (Wildman–Crippen LogP) is 3.87. The van der Waals surface area contributed by atoms with Gasteiger partial charge in [0.05, 0.1) is 25.3 Å². The molecule has 1 amide bonds. The Morgan fingerprint density at radius 2 is 2.05 bits per heavy atom. The number of nitrogens with zero attached hydrogens (tertiary/aromatic N) is 2. The predicted molar refractivity (Wildman–Crippen MR) is 140 cm³/mol. The Balaban J connectivity index is 0.00000353. The van der Waals surface area contributed by atoms with E-state index in [1.54, 1.807) is 25.2 Å². The van der Waals surface area contributed by atoms with Gasteiger partial charge in [0.15, 0.2) is 0 Å². The summed E-state index contributed by atoms with van der Waals surface area (Å²) in [6.45, 7) is 3.29.